The third-order valence-electron chi connectivity index (χ3n) is 3.26. The highest BCUT2D eigenvalue weighted by Gasteiger charge is 2.20. The monoisotopic (exact) mass is 323 g/mol. The molecule has 0 aliphatic heterocycles. The van der Waals surface area contributed by atoms with Crippen LogP contribution in [0, 0.1) is 0 Å². The zero-order chi connectivity index (χ0) is 15.3. The fourth-order valence-electron chi connectivity index (χ4n) is 2.07. The summed E-state index contributed by atoms with van der Waals surface area (Å²) in [5, 5.41) is 0.593. The summed E-state index contributed by atoms with van der Waals surface area (Å²) in [6, 6.07) is 16.7. The SMILES string of the molecule is CCS(=O)(=O)N(CCc1ccccc1)c1ccc(Cl)cc1. The van der Waals surface area contributed by atoms with Gasteiger partial charge in [0, 0.05) is 11.6 Å². The molecule has 2 aromatic rings. The van der Waals surface area contributed by atoms with Gasteiger partial charge in [-0.15, -0.1) is 0 Å². The second-order valence-electron chi connectivity index (χ2n) is 4.68. The summed E-state index contributed by atoms with van der Waals surface area (Å²) in [5.74, 6) is 0.0738. The molecule has 0 saturated heterocycles. The van der Waals surface area contributed by atoms with Crippen molar-refractivity contribution in [3.05, 3.63) is 65.2 Å². The standard InChI is InChI=1S/C16H18ClNO2S/c1-2-21(19,20)18(16-10-8-15(17)9-11-16)13-12-14-6-4-3-5-7-14/h3-11H,2,12-13H2,1H3. The van der Waals surface area contributed by atoms with E-state index in [1.807, 2.05) is 30.3 Å². The van der Waals surface area contributed by atoms with Crippen LogP contribution in [0.1, 0.15) is 12.5 Å². The highest BCUT2D eigenvalue weighted by molar-refractivity contribution is 7.92. The Morgan fingerprint density at radius 2 is 1.62 bits per heavy atom. The van der Waals surface area contributed by atoms with E-state index in [0.717, 1.165) is 5.56 Å². The number of nitrogens with zero attached hydrogens (tertiary/aromatic N) is 1. The summed E-state index contributed by atoms with van der Waals surface area (Å²) in [6.45, 7) is 2.07. The zero-order valence-corrected chi connectivity index (χ0v) is 13.4. The van der Waals surface area contributed by atoms with E-state index >= 15 is 0 Å². The summed E-state index contributed by atoms with van der Waals surface area (Å²) in [7, 11) is -3.31. The van der Waals surface area contributed by atoms with Crippen molar-refractivity contribution in [2.45, 2.75) is 13.3 Å². The van der Waals surface area contributed by atoms with Crippen LogP contribution in [0.25, 0.3) is 0 Å². The van der Waals surface area contributed by atoms with Crippen molar-refractivity contribution in [2.24, 2.45) is 0 Å². The first-order chi connectivity index (χ1) is 10.0. The molecule has 2 rings (SSSR count). The Balaban J connectivity index is 2.23. The molecule has 0 saturated carbocycles. The minimum atomic E-state index is -3.31. The maximum Gasteiger partial charge on any atom is 0.234 e. The summed E-state index contributed by atoms with van der Waals surface area (Å²) in [5.41, 5.74) is 1.76. The molecular formula is C16H18ClNO2S. The highest BCUT2D eigenvalue weighted by Crippen LogP contribution is 2.21. The number of benzene rings is 2. The quantitative estimate of drug-likeness (QED) is 0.812. The van der Waals surface area contributed by atoms with E-state index < -0.39 is 10.0 Å². The van der Waals surface area contributed by atoms with Crippen LogP contribution in [0.4, 0.5) is 5.69 Å². The Morgan fingerprint density at radius 3 is 2.19 bits per heavy atom. The molecule has 21 heavy (non-hydrogen) atoms. The van der Waals surface area contributed by atoms with Crippen LogP contribution >= 0.6 is 11.6 Å². The summed E-state index contributed by atoms with van der Waals surface area (Å²) >= 11 is 5.87. The molecule has 0 aliphatic carbocycles. The molecule has 0 amide bonds. The fourth-order valence-corrected chi connectivity index (χ4v) is 3.32. The average molecular weight is 324 g/mol. The van der Waals surface area contributed by atoms with E-state index in [-0.39, 0.29) is 5.75 Å². The minimum Gasteiger partial charge on any atom is -0.270 e. The van der Waals surface area contributed by atoms with Gasteiger partial charge in [-0.1, -0.05) is 41.9 Å². The van der Waals surface area contributed by atoms with Crippen LogP contribution in [0.15, 0.2) is 54.6 Å². The van der Waals surface area contributed by atoms with Gasteiger partial charge < -0.3 is 0 Å². The van der Waals surface area contributed by atoms with Crippen LogP contribution in [-0.4, -0.2) is 20.7 Å². The molecule has 0 aromatic heterocycles. The third kappa shape index (κ3) is 4.22. The van der Waals surface area contributed by atoms with Crippen LogP contribution in [-0.2, 0) is 16.4 Å². The lowest BCUT2D eigenvalue weighted by atomic mass is 10.1. The normalized spacial score (nSPS) is 11.3. The molecule has 0 heterocycles. The van der Waals surface area contributed by atoms with Gasteiger partial charge in [0.25, 0.3) is 0 Å². The first-order valence-electron chi connectivity index (χ1n) is 6.83. The molecule has 0 fully saturated rings. The van der Waals surface area contributed by atoms with Gasteiger partial charge in [-0.2, -0.15) is 0 Å². The minimum absolute atomic E-state index is 0.0738. The number of anilines is 1. The van der Waals surface area contributed by atoms with Gasteiger partial charge in [0.2, 0.25) is 10.0 Å². The van der Waals surface area contributed by atoms with Crippen LogP contribution in [0.3, 0.4) is 0 Å². The van der Waals surface area contributed by atoms with Crippen molar-refractivity contribution in [2.75, 3.05) is 16.6 Å². The van der Waals surface area contributed by atoms with Crippen molar-refractivity contribution >= 4 is 27.3 Å². The molecule has 0 N–H and O–H groups in total. The lowest BCUT2D eigenvalue weighted by Crippen LogP contribution is -2.34. The third-order valence-corrected chi connectivity index (χ3v) is 5.31. The van der Waals surface area contributed by atoms with Crippen molar-refractivity contribution in [3.8, 4) is 0 Å². The smallest absolute Gasteiger partial charge is 0.234 e. The first kappa shape index (κ1) is 15.9. The molecule has 2 aromatic carbocycles. The van der Waals surface area contributed by atoms with E-state index in [2.05, 4.69) is 0 Å². The Labute approximate surface area is 131 Å². The van der Waals surface area contributed by atoms with E-state index in [9.17, 15) is 8.42 Å². The Morgan fingerprint density at radius 1 is 1.00 bits per heavy atom. The van der Waals surface area contributed by atoms with E-state index in [4.69, 9.17) is 11.6 Å². The van der Waals surface area contributed by atoms with Gasteiger partial charge in [-0.3, -0.25) is 4.31 Å². The van der Waals surface area contributed by atoms with Crippen LogP contribution < -0.4 is 4.31 Å². The van der Waals surface area contributed by atoms with E-state index in [1.54, 1.807) is 31.2 Å². The second-order valence-corrected chi connectivity index (χ2v) is 7.30. The lowest BCUT2D eigenvalue weighted by molar-refractivity contribution is 0.592. The molecular weight excluding hydrogens is 306 g/mol. The predicted molar refractivity (Wildman–Crippen MR) is 88.4 cm³/mol. The highest BCUT2D eigenvalue weighted by atomic mass is 35.5. The van der Waals surface area contributed by atoms with Crippen molar-refractivity contribution in [1.82, 2.24) is 0 Å². The number of halogens is 1. The molecule has 112 valence electrons. The van der Waals surface area contributed by atoms with Crippen molar-refractivity contribution < 1.29 is 8.42 Å². The van der Waals surface area contributed by atoms with Gasteiger partial charge in [-0.05, 0) is 43.2 Å². The topological polar surface area (TPSA) is 37.4 Å². The van der Waals surface area contributed by atoms with Crippen LogP contribution in [0.2, 0.25) is 5.02 Å². The maximum absolute atomic E-state index is 12.3. The zero-order valence-electron chi connectivity index (χ0n) is 11.9. The molecule has 0 radical (unpaired) electrons. The molecule has 0 aliphatic rings. The molecule has 0 unspecified atom stereocenters. The average Bonchev–Trinajstić information content (AvgIpc) is 2.50. The number of rotatable bonds is 6. The first-order valence-corrected chi connectivity index (χ1v) is 8.81. The van der Waals surface area contributed by atoms with Gasteiger partial charge in [0.15, 0.2) is 0 Å². The molecule has 0 bridgehead atoms. The van der Waals surface area contributed by atoms with Gasteiger partial charge in [0.05, 0.1) is 11.4 Å². The van der Waals surface area contributed by atoms with Crippen LogP contribution in [0.5, 0.6) is 0 Å². The largest absolute Gasteiger partial charge is 0.270 e. The Kier molecular flexibility index (Phi) is 5.26. The second kappa shape index (κ2) is 6.96. The predicted octanol–water partition coefficient (Wildman–Crippen LogP) is 3.74. The number of hydrogen-bond acceptors (Lipinski definition) is 2. The maximum atomic E-state index is 12.3. The molecule has 0 atom stereocenters. The van der Waals surface area contributed by atoms with E-state index in [0.29, 0.717) is 23.7 Å². The summed E-state index contributed by atoms with van der Waals surface area (Å²) < 4.78 is 26.1. The molecule has 5 heteroatoms. The summed E-state index contributed by atoms with van der Waals surface area (Å²) in [6.07, 6.45) is 0.669. The Bertz CT molecular complexity index is 669. The van der Waals surface area contributed by atoms with Gasteiger partial charge in [0.1, 0.15) is 0 Å². The van der Waals surface area contributed by atoms with Gasteiger partial charge >= 0.3 is 0 Å². The van der Waals surface area contributed by atoms with Crippen molar-refractivity contribution in [3.63, 3.8) is 0 Å². The number of hydrogen-bond donors (Lipinski definition) is 0. The lowest BCUT2D eigenvalue weighted by Gasteiger charge is -2.24. The fraction of sp³-hybridized carbons (Fsp3) is 0.250. The molecule has 3 nitrogen and oxygen atoms in total. The number of sulfonamides is 1. The summed E-state index contributed by atoms with van der Waals surface area (Å²) in [4.78, 5) is 0. The van der Waals surface area contributed by atoms with Gasteiger partial charge in [-0.25, -0.2) is 8.42 Å². The molecule has 0 spiro atoms. The van der Waals surface area contributed by atoms with Crippen molar-refractivity contribution in [1.29, 1.82) is 0 Å². The Hall–Kier alpha value is -1.52. The van der Waals surface area contributed by atoms with E-state index in [1.165, 1.54) is 4.31 Å².